The van der Waals surface area contributed by atoms with Crippen LogP contribution < -0.4 is 15.2 Å². The zero-order valence-corrected chi connectivity index (χ0v) is 12.9. The minimum Gasteiger partial charge on any atom is -0.493 e. The number of rotatable bonds is 5. The number of carboxylic acid groups (broad SMARTS) is 1. The van der Waals surface area contributed by atoms with Gasteiger partial charge in [-0.2, -0.15) is 0 Å². The quantitative estimate of drug-likeness (QED) is 0.886. The summed E-state index contributed by atoms with van der Waals surface area (Å²) in [5.74, 6) is 0.224. The van der Waals surface area contributed by atoms with Crippen LogP contribution >= 0.6 is 11.3 Å². The van der Waals surface area contributed by atoms with Crippen molar-refractivity contribution in [3.63, 3.8) is 0 Å². The third-order valence-electron chi connectivity index (χ3n) is 3.24. The average molecular weight is 307 g/mol. The second-order valence-corrected chi connectivity index (χ2v) is 5.40. The molecule has 6 heteroatoms. The van der Waals surface area contributed by atoms with E-state index < -0.39 is 5.97 Å². The number of nitrogen functional groups attached to an aromatic ring is 1. The van der Waals surface area contributed by atoms with E-state index in [1.54, 1.807) is 20.3 Å². The van der Waals surface area contributed by atoms with Gasteiger partial charge in [0.15, 0.2) is 11.5 Å². The standard InChI is InChI=1S/C15H17NO4S/c1-4-9-12(16)14(15(17)18)21-13(9)8-5-6-10(19-2)11(7-8)20-3/h5-7H,4,16H2,1-3H3,(H,17,18). The second kappa shape index (κ2) is 6.05. The first-order valence-corrected chi connectivity index (χ1v) is 7.21. The number of hydrogen-bond donors (Lipinski definition) is 2. The predicted molar refractivity (Wildman–Crippen MR) is 83.6 cm³/mol. The molecule has 1 aromatic carbocycles. The van der Waals surface area contributed by atoms with Gasteiger partial charge in [-0.15, -0.1) is 11.3 Å². The molecule has 0 unspecified atom stereocenters. The lowest BCUT2D eigenvalue weighted by molar-refractivity contribution is 0.0703. The molecule has 0 aliphatic rings. The van der Waals surface area contributed by atoms with E-state index in [-0.39, 0.29) is 4.88 Å². The maximum atomic E-state index is 11.2. The van der Waals surface area contributed by atoms with Gasteiger partial charge in [-0.25, -0.2) is 4.79 Å². The molecule has 0 aliphatic heterocycles. The maximum absolute atomic E-state index is 11.2. The lowest BCUT2D eigenvalue weighted by Gasteiger charge is -2.09. The molecule has 2 aromatic rings. The van der Waals surface area contributed by atoms with Crippen LogP contribution in [0.15, 0.2) is 18.2 Å². The molecule has 1 aromatic heterocycles. The predicted octanol–water partition coefficient (Wildman–Crippen LogP) is 3.28. The summed E-state index contributed by atoms with van der Waals surface area (Å²) in [5.41, 5.74) is 8.02. The monoisotopic (exact) mass is 307 g/mol. The normalized spacial score (nSPS) is 10.4. The summed E-state index contributed by atoms with van der Waals surface area (Å²) >= 11 is 1.18. The van der Waals surface area contributed by atoms with Crippen LogP contribution in [0.2, 0.25) is 0 Å². The van der Waals surface area contributed by atoms with Gasteiger partial charge in [-0.1, -0.05) is 6.92 Å². The number of hydrogen-bond acceptors (Lipinski definition) is 5. The van der Waals surface area contributed by atoms with E-state index >= 15 is 0 Å². The Hall–Kier alpha value is -2.21. The number of carbonyl (C=O) groups is 1. The summed E-state index contributed by atoms with van der Waals surface area (Å²) in [6, 6.07) is 5.50. The largest absolute Gasteiger partial charge is 0.493 e. The van der Waals surface area contributed by atoms with Crippen LogP contribution in [-0.2, 0) is 6.42 Å². The summed E-state index contributed by atoms with van der Waals surface area (Å²) in [7, 11) is 3.13. The van der Waals surface area contributed by atoms with E-state index in [2.05, 4.69) is 0 Å². The van der Waals surface area contributed by atoms with E-state index in [1.807, 2.05) is 19.1 Å². The van der Waals surface area contributed by atoms with Gasteiger partial charge in [0.2, 0.25) is 0 Å². The highest BCUT2D eigenvalue weighted by Gasteiger charge is 2.21. The van der Waals surface area contributed by atoms with Gasteiger partial charge >= 0.3 is 5.97 Å². The van der Waals surface area contributed by atoms with E-state index in [0.717, 1.165) is 16.0 Å². The van der Waals surface area contributed by atoms with Crippen molar-refractivity contribution >= 4 is 23.0 Å². The molecule has 0 fully saturated rings. The van der Waals surface area contributed by atoms with Gasteiger partial charge in [0.1, 0.15) is 4.88 Å². The molecule has 0 saturated heterocycles. The van der Waals surface area contributed by atoms with Crippen molar-refractivity contribution in [2.75, 3.05) is 20.0 Å². The van der Waals surface area contributed by atoms with Gasteiger partial charge in [-0.05, 0) is 35.7 Å². The Balaban J connectivity index is 2.61. The maximum Gasteiger partial charge on any atom is 0.348 e. The SMILES string of the molecule is CCc1c(-c2ccc(OC)c(OC)c2)sc(C(=O)O)c1N. The van der Waals surface area contributed by atoms with Crippen LogP contribution in [0.1, 0.15) is 22.2 Å². The van der Waals surface area contributed by atoms with Crippen LogP contribution in [0, 0.1) is 0 Å². The Morgan fingerprint density at radius 2 is 1.95 bits per heavy atom. The van der Waals surface area contributed by atoms with Gasteiger partial charge in [0.05, 0.1) is 19.9 Å². The van der Waals surface area contributed by atoms with E-state index in [1.165, 1.54) is 11.3 Å². The highest BCUT2D eigenvalue weighted by molar-refractivity contribution is 7.18. The molecule has 2 rings (SSSR count). The fraction of sp³-hybridized carbons (Fsp3) is 0.267. The molecular formula is C15H17NO4S. The summed E-state index contributed by atoms with van der Waals surface area (Å²) < 4.78 is 10.5. The van der Waals surface area contributed by atoms with Crippen molar-refractivity contribution in [1.82, 2.24) is 0 Å². The second-order valence-electron chi connectivity index (χ2n) is 4.38. The number of ether oxygens (including phenoxy) is 2. The molecule has 0 bridgehead atoms. The number of carboxylic acids is 1. The van der Waals surface area contributed by atoms with E-state index in [9.17, 15) is 9.90 Å². The van der Waals surface area contributed by atoms with Crippen LogP contribution in [-0.4, -0.2) is 25.3 Å². The topological polar surface area (TPSA) is 81.8 Å². The van der Waals surface area contributed by atoms with Gasteiger partial charge in [0, 0.05) is 4.88 Å². The van der Waals surface area contributed by atoms with Crippen molar-refractivity contribution in [3.8, 4) is 21.9 Å². The first-order chi connectivity index (χ1) is 10.0. The van der Waals surface area contributed by atoms with Gasteiger partial charge in [0.25, 0.3) is 0 Å². The Labute approximate surface area is 126 Å². The fourth-order valence-corrected chi connectivity index (χ4v) is 3.35. The van der Waals surface area contributed by atoms with Crippen LogP contribution in [0.3, 0.4) is 0 Å². The lowest BCUT2D eigenvalue weighted by atomic mass is 10.1. The van der Waals surface area contributed by atoms with Crippen molar-refractivity contribution in [2.24, 2.45) is 0 Å². The Bertz CT molecular complexity index is 679. The summed E-state index contributed by atoms with van der Waals surface area (Å²) in [4.78, 5) is 12.3. The first-order valence-electron chi connectivity index (χ1n) is 6.40. The summed E-state index contributed by atoms with van der Waals surface area (Å²) in [5, 5.41) is 9.21. The highest BCUT2D eigenvalue weighted by Crippen LogP contribution is 2.41. The van der Waals surface area contributed by atoms with Gasteiger partial charge < -0.3 is 20.3 Å². The van der Waals surface area contributed by atoms with Crippen LogP contribution in [0.5, 0.6) is 11.5 Å². The van der Waals surface area contributed by atoms with Crippen LogP contribution in [0.25, 0.3) is 10.4 Å². The smallest absolute Gasteiger partial charge is 0.348 e. The van der Waals surface area contributed by atoms with Crippen LogP contribution in [0.4, 0.5) is 5.69 Å². The third kappa shape index (κ3) is 2.67. The number of nitrogens with two attached hydrogens (primary N) is 1. The number of anilines is 1. The minimum atomic E-state index is -1.00. The molecule has 5 nitrogen and oxygen atoms in total. The van der Waals surface area contributed by atoms with Crippen molar-refractivity contribution < 1.29 is 19.4 Å². The Morgan fingerprint density at radius 1 is 1.29 bits per heavy atom. The minimum absolute atomic E-state index is 0.177. The third-order valence-corrected chi connectivity index (χ3v) is 4.53. The molecule has 1 heterocycles. The van der Waals surface area contributed by atoms with Crippen molar-refractivity contribution in [3.05, 3.63) is 28.6 Å². The molecule has 21 heavy (non-hydrogen) atoms. The van der Waals surface area contributed by atoms with E-state index in [4.69, 9.17) is 15.2 Å². The number of benzene rings is 1. The summed E-state index contributed by atoms with van der Waals surface area (Å²) in [6.45, 7) is 1.95. The molecule has 0 saturated carbocycles. The molecular weight excluding hydrogens is 290 g/mol. The zero-order valence-electron chi connectivity index (χ0n) is 12.1. The van der Waals surface area contributed by atoms with E-state index in [0.29, 0.717) is 23.6 Å². The molecule has 112 valence electrons. The zero-order chi connectivity index (χ0) is 15.6. The number of thiophene rings is 1. The molecule has 3 N–H and O–H groups in total. The summed E-state index contributed by atoms with van der Waals surface area (Å²) in [6.07, 6.45) is 0.666. The lowest BCUT2D eigenvalue weighted by Crippen LogP contribution is -1.99. The Morgan fingerprint density at radius 3 is 2.48 bits per heavy atom. The van der Waals surface area contributed by atoms with Gasteiger partial charge in [-0.3, -0.25) is 0 Å². The first kappa shape index (κ1) is 15.2. The fourth-order valence-electron chi connectivity index (χ4n) is 2.20. The number of aromatic carboxylic acids is 1. The number of methoxy groups -OCH3 is 2. The average Bonchev–Trinajstić information content (AvgIpc) is 2.83. The molecule has 0 aliphatic carbocycles. The molecule has 0 atom stereocenters. The molecule has 0 radical (unpaired) electrons. The Kier molecular flexibility index (Phi) is 4.37. The molecule has 0 amide bonds. The highest BCUT2D eigenvalue weighted by atomic mass is 32.1. The van der Waals surface area contributed by atoms with Crippen molar-refractivity contribution in [1.29, 1.82) is 0 Å². The molecule has 0 spiro atoms. The van der Waals surface area contributed by atoms with Crippen molar-refractivity contribution in [2.45, 2.75) is 13.3 Å².